The van der Waals surface area contributed by atoms with Gasteiger partial charge in [0.05, 0.1) is 5.75 Å². The van der Waals surface area contributed by atoms with Crippen LogP contribution in [-0.4, -0.2) is 33.4 Å². The van der Waals surface area contributed by atoms with Gasteiger partial charge in [0.1, 0.15) is 5.82 Å². The quantitative estimate of drug-likeness (QED) is 0.619. The van der Waals surface area contributed by atoms with Crippen molar-refractivity contribution >= 4 is 17.7 Å². The van der Waals surface area contributed by atoms with Crippen molar-refractivity contribution in [3.8, 4) is 0 Å². The number of aryl methyl sites for hydroxylation is 1. The van der Waals surface area contributed by atoms with Gasteiger partial charge in [0.15, 0.2) is 0 Å². The molecule has 0 spiro atoms. The zero-order valence-corrected chi connectivity index (χ0v) is 12.1. The maximum absolute atomic E-state index is 11.6. The number of hydrogen-bond donors (Lipinski definition) is 2. The summed E-state index contributed by atoms with van der Waals surface area (Å²) in [6, 6.07) is 0. The van der Waals surface area contributed by atoms with Gasteiger partial charge in [-0.25, -0.2) is 4.98 Å². The summed E-state index contributed by atoms with van der Waals surface area (Å²) >= 11 is 1.36. The van der Waals surface area contributed by atoms with E-state index in [4.69, 9.17) is 0 Å². The molecule has 0 fully saturated rings. The summed E-state index contributed by atoms with van der Waals surface area (Å²) in [5.41, 5.74) is 1.49. The van der Waals surface area contributed by atoms with Gasteiger partial charge in [0.2, 0.25) is 11.1 Å². The first-order valence-electron chi connectivity index (χ1n) is 6.70. The molecule has 1 aromatic heterocycles. The Kier molecular flexibility index (Phi) is 5.44. The molecule has 2 N–H and O–H groups in total. The summed E-state index contributed by atoms with van der Waals surface area (Å²) in [5.74, 6) is 1.19. The molecular weight excluding hydrogens is 260 g/mol. The van der Waals surface area contributed by atoms with Crippen LogP contribution in [0.2, 0.25) is 0 Å². The molecular formula is C13H20N4OS. The van der Waals surface area contributed by atoms with E-state index in [2.05, 4.69) is 26.6 Å². The van der Waals surface area contributed by atoms with Gasteiger partial charge in [-0.3, -0.25) is 9.89 Å². The Morgan fingerprint density at radius 1 is 1.53 bits per heavy atom. The fourth-order valence-corrected chi connectivity index (χ4v) is 2.74. The van der Waals surface area contributed by atoms with Crippen molar-refractivity contribution in [1.82, 2.24) is 20.5 Å². The number of rotatable bonds is 6. The lowest BCUT2D eigenvalue weighted by atomic mass is 9.97. The summed E-state index contributed by atoms with van der Waals surface area (Å²) in [6.07, 6.45) is 8.30. The van der Waals surface area contributed by atoms with E-state index in [1.807, 2.05) is 6.92 Å². The smallest absolute Gasteiger partial charge is 0.230 e. The first-order valence-corrected chi connectivity index (χ1v) is 7.69. The summed E-state index contributed by atoms with van der Waals surface area (Å²) in [4.78, 5) is 15.8. The number of carbonyl (C=O) groups is 1. The van der Waals surface area contributed by atoms with Gasteiger partial charge in [-0.2, -0.15) is 0 Å². The van der Waals surface area contributed by atoms with E-state index in [1.54, 1.807) is 0 Å². The minimum absolute atomic E-state index is 0.0452. The maximum Gasteiger partial charge on any atom is 0.230 e. The largest absolute Gasteiger partial charge is 0.355 e. The van der Waals surface area contributed by atoms with Gasteiger partial charge in [0, 0.05) is 6.54 Å². The Morgan fingerprint density at radius 2 is 2.42 bits per heavy atom. The lowest BCUT2D eigenvalue weighted by molar-refractivity contribution is -0.118. The van der Waals surface area contributed by atoms with Gasteiger partial charge >= 0.3 is 0 Å². The lowest BCUT2D eigenvalue weighted by Crippen LogP contribution is -2.26. The third-order valence-electron chi connectivity index (χ3n) is 3.06. The molecule has 0 saturated carbocycles. The van der Waals surface area contributed by atoms with E-state index in [-0.39, 0.29) is 5.91 Å². The number of hydrogen-bond acceptors (Lipinski definition) is 4. The van der Waals surface area contributed by atoms with Gasteiger partial charge in [-0.1, -0.05) is 23.4 Å². The van der Waals surface area contributed by atoms with Crippen LogP contribution in [0.5, 0.6) is 0 Å². The van der Waals surface area contributed by atoms with Crippen LogP contribution < -0.4 is 5.32 Å². The minimum atomic E-state index is 0.0452. The number of aromatic nitrogens is 3. The van der Waals surface area contributed by atoms with Crippen molar-refractivity contribution < 1.29 is 4.79 Å². The first-order chi connectivity index (χ1) is 9.24. The maximum atomic E-state index is 11.6. The SMILES string of the molecule is Cc1nc(SCC(=O)NCCC2=CCCCC2)n[nH]1. The van der Waals surface area contributed by atoms with E-state index < -0.39 is 0 Å². The van der Waals surface area contributed by atoms with E-state index in [0.717, 1.165) is 18.8 Å². The van der Waals surface area contributed by atoms with Crippen molar-refractivity contribution in [1.29, 1.82) is 0 Å². The highest BCUT2D eigenvalue weighted by Crippen LogP contribution is 2.19. The second-order valence-corrected chi connectivity index (χ2v) is 5.64. The molecule has 1 amide bonds. The zero-order valence-electron chi connectivity index (χ0n) is 11.2. The molecule has 6 heteroatoms. The Morgan fingerprint density at radius 3 is 3.11 bits per heavy atom. The number of thioether (sulfide) groups is 1. The molecule has 5 nitrogen and oxygen atoms in total. The van der Waals surface area contributed by atoms with Gasteiger partial charge in [-0.05, 0) is 39.0 Å². The Balaban J connectivity index is 1.60. The highest BCUT2D eigenvalue weighted by atomic mass is 32.2. The molecule has 1 aliphatic rings. The fraction of sp³-hybridized carbons (Fsp3) is 0.615. The van der Waals surface area contributed by atoms with Crippen LogP contribution in [0.1, 0.15) is 37.9 Å². The molecule has 104 valence electrons. The molecule has 0 saturated heterocycles. The average Bonchev–Trinajstić information content (AvgIpc) is 2.83. The van der Waals surface area contributed by atoms with Gasteiger partial charge in [-0.15, -0.1) is 5.10 Å². The Bertz CT molecular complexity index is 455. The number of nitrogens with zero attached hydrogens (tertiary/aromatic N) is 2. The highest BCUT2D eigenvalue weighted by Gasteiger charge is 2.07. The van der Waals surface area contributed by atoms with Crippen LogP contribution in [-0.2, 0) is 4.79 Å². The number of nitrogens with one attached hydrogen (secondary N) is 2. The Labute approximate surface area is 117 Å². The molecule has 0 unspecified atom stereocenters. The summed E-state index contributed by atoms with van der Waals surface area (Å²) < 4.78 is 0. The van der Waals surface area contributed by atoms with Crippen LogP contribution in [0.15, 0.2) is 16.8 Å². The van der Waals surface area contributed by atoms with Crippen LogP contribution in [0.3, 0.4) is 0 Å². The predicted molar refractivity (Wildman–Crippen MR) is 76.0 cm³/mol. The van der Waals surface area contributed by atoms with Crippen LogP contribution in [0, 0.1) is 6.92 Å². The first kappa shape index (κ1) is 14.1. The van der Waals surface area contributed by atoms with E-state index in [0.29, 0.717) is 10.9 Å². The van der Waals surface area contributed by atoms with Crippen molar-refractivity contribution in [3.63, 3.8) is 0 Å². The molecule has 2 rings (SSSR count). The number of carbonyl (C=O) groups excluding carboxylic acids is 1. The number of allylic oxidation sites excluding steroid dienone is 1. The lowest BCUT2D eigenvalue weighted by Gasteiger charge is -2.12. The predicted octanol–water partition coefficient (Wildman–Crippen LogP) is 2.21. The standard InChI is InChI=1S/C13H20N4OS/c1-10-15-13(17-16-10)19-9-12(18)14-8-7-11-5-3-2-4-6-11/h5H,2-4,6-9H2,1H3,(H,14,18)(H,15,16,17). The summed E-state index contributed by atoms with van der Waals surface area (Å²) in [5, 5.41) is 10.3. The summed E-state index contributed by atoms with van der Waals surface area (Å²) in [6.45, 7) is 2.58. The monoisotopic (exact) mass is 280 g/mol. The third kappa shape index (κ3) is 5.06. The van der Waals surface area contributed by atoms with Crippen LogP contribution >= 0.6 is 11.8 Å². The Hall–Kier alpha value is -1.30. The topological polar surface area (TPSA) is 70.7 Å². The van der Waals surface area contributed by atoms with E-state index in [1.165, 1.54) is 43.0 Å². The number of aromatic amines is 1. The van der Waals surface area contributed by atoms with Crippen molar-refractivity contribution in [3.05, 3.63) is 17.5 Å². The van der Waals surface area contributed by atoms with Crippen molar-refractivity contribution in [2.75, 3.05) is 12.3 Å². The highest BCUT2D eigenvalue weighted by molar-refractivity contribution is 7.99. The van der Waals surface area contributed by atoms with Crippen molar-refractivity contribution in [2.24, 2.45) is 0 Å². The molecule has 0 aromatic carbocycles. The molecule has 1 aromatic rings. The third-order valence-corrected chi connectivity index (χ3v) is 3.91. The van der Waals surface area contributed by atoms with E-state index in [9.17, 15) is 4.79 Å². The van der Waals surface area contributed by atoms with Crippen molar-refractivity contribution in [2.45, 2.75) is 44.2 Å². The molecule has 0 radical (unpaired) electrons. The zero-order chi connectivity index (χ0) is 13.5. The second kappa shape index (κ2) is 7.33. The normalized spacial score (nSPS) is 15.1. The molecule has 0 aliphatic heterocycles. The number of amides is 1. The summed E-state index contributed by atoms with van der Waals surface area (Å²) in [7, 11) is 0. The van der Waals surface area contributed by atoms with Gasteiger partial charge < -0.3 is 5.32 Å². The molecule has 19 heavy (non-hydrogen) atoms. The molecule has 0 atom stereocenters. The minimum Gasteiger partial charge on any atom is -0.355 e. The molecule has 1 heterocycles. The van der Waals surface area contributed by atoms with E-state index >= 15 is 0 Å². The van der Waals surface area contributed by atoms with Crippen LogP contribution in [0.25, 0.3) is 0 Å². The fourth-order valence-electron chi connectivity index (χ4n) is 2.06. The molecule has 0 bridgehead atoms. The van der Waals surface area contributed by atoms with Gasteiger partial charge in [0.25, 0.3) is 0 Å². The second-order valence-electron chi connectivity index (χ2n) is 4.70. The number of H-pyrrole nitrogens is 1. The average molecular weight is 280 g/mol. The van der Waals surface area contributed by atoms with Crippen LogP contribution in [0.4, 0.5) is 0 Å². The molecule has 1 aliphatic carbocycles.